The Morgan fingerprint density at radius 1 is 1.24 bits per heavy atom. The van der Waals surface area contributed by atoms with Crippen molar-refractivity contribution in [2.24, 2.45) is 0 Å². The van der Waals surface area contributed by atoms with E-state index in [-0.39, 0.29) is 0 Å². The summed E-state index contributed by atoms with van der Waals surface area (Å²) >= 11 is 3.44. The van der Waals surface area contributed by atoms with Gasteiger partial charge in [0.05, 0.1) is 42.4 Å². The summed E-state index contributed by atoms with van der Waals surface area (Å²) in [5.74, 6) is 0.249. The second kappa shape index (κ2) is 9.71. The van der Waals surface area contributed by atoms with Crippen LogP contribution in [0.25, 0.3) is 5.65 Å². The summed E-state index contributed by atoms with van der Waals surface area (Å²) in [6.45, 7) is 7.20. The number of pyridine rings is 2. The zero-order valence-electron chi connectivity index (χ0n) is 16.7. The molecule has 4 heterocycles. The smallest absolute Gasteiger partial charge is 0.356 e. The van der Waals surface area contributed by atoms with E-state index >= 15 is 0 Å². The van der Waals surface area contributed by atoms with Gasteiger partial charge < -0.3 is 19.7 Å². The molecule has 0 radical (unpaired) electrons. The summed E-state index contributed by atoms with van der Waals surface area (Å²) in [6, 6.07) is 5.75. The van der Waals surface area contributed by atoms with Crippen molar-refractivity contribution in [3.05, 3.63) is 47.0 Å². The van der Waals surface area contributed by atoms with Gasteiger partial charge in [0.2, 0.25) is 0 Å². The number of halogens is 1. The Bertz CT molecular complexity index is 968. The first-order valence-corrected chi connectivity index (χ1v) is 10.3. The molecule has 0 spiro atoms. The number of hydrogen-bond donors (Lipinski definition) is 1. The number of fused-ring (bicyclic) bond motifs is 1. The maximum atomic E-state index is 12.1. The van der Waals surface area contributed by atoms with Gasteiger partial charge in [0.1, 0.15) is 11.5 Å². The summed E-state index contributed by atoms with van der Waals surface area (Å²) < 4.78 is 12.5. The van der Waals surface area contributed by atoms with Crippen LogP contribution in [0.2, 0.25) is 0 Å². The normalized spacial score (nSPS) is 13.6. The van der Waals surface area contributed by atoms with E-state index in [0.717, 1.165) is 37.7 Å². The lowest BCUT2D eigenvalue weighted by molar-refractivity contribution is 0.0591. The molecule has 0 amide bonds. The lowest BCUT2D eigenvalue weighted by Gasteiger charge is -2.28. The molecule has 8 nitrogen and oxygen atoms in total. The number of nitrogens with one attached hydrogen (secondary N) is 1. The molecule has 3 aromatic heterocycles. The summed E-state index contributed by atoms with van der Waals surface area (Å²) in [4.78, 5) is 23.2. The SMILES string of the molecule is CC.COC(=O)c1c(Br)cc(Nc2ccc(N3CCOCC3)cn2)c2nccn12. The van der Waals surface area contributed by atoms with E-state index in [9.17, 15) is 4.79 Å². The number of imidazole rings is 1. The highest BCUT2D eigenvalue weighted by molar-refractivity contribution is 9.10. The Balaban J connectivity index is 0.00000117. The minimum Gasteiger partial charge on any atom is -0.464 e. The van der Waals surface area contributed by atoms with Gasteiger partial charge >= 0.3 is 5.97 Å². The van der Waals surface area contributed by atoms with Gasteiger partial charge in [0.15, 0.2) is 5.65 Å². The van der Waals surface area contributed by atoms with Crippen molar-refractivity contribution in [1.82, 2.24) is 14.4 Å². The molecule has 0 aliphatic carbocycles. The number of carbonyl (C=O) groups excluding carboxylic acids is 1. The highest BCUT2D eigenvalue weighted by atomic mass is 79.9. The van der Waals surface area contributed by atoms with Gasteiger partial charge in [-0.3, -0.25) is 4.40 Å². The van der Waals surface area contributed by atoms with E-state index in [2.05, 4.69) is 36.1 Å². The van der Waals surface area contributed by atoms with E-state index in [1.807, 2.05) is 32.2 Å². The van der Waals surface area contributed by atoms with Crippen molar-refractivity contribution in [3.8, 4) is 0 Å². The van der Waals surface area contributed by atoms with Gasteiger partial charge in [-0.05, 0) is 34.1 Å². The first kappa shape index (κ1) is 21.1. The predicted molar refractivity (Wildman–Crippen MR) is 116 cm³/mol. The van der Waals surface area contributed by atoms with Crippen LogP contribution in [0, 0.1) is 0 Å². The number of ether oxygens (including phenoxy) is 2. The second-order valence-electron chi connectivity index (χ2n) is 5.99. The van der Waals surface area contributed by atoms with Crippen LogP contribution in [0.5, 0.6) is 0 Å². The second-order valence-corrected chi connectivity index (χ2v) is 6.85. The molecule has 1 N–H and O–H groups in total. The van der Waals surface area contributed by atoms with E-state index in [0.29, 0.717) is 21.6 Å². The Hall–Kier alpha value is -2.65. The van der Waals surface area contributed by atoms with Gasteiger partial charge in [0.25, 0.3) is 0 Å². The van der Waals surface area contributed by atoms with Gasteiger partial charge in [-0.25, -0.2) is 14.8 Å². The topological polar surface area (TPSA) is 81.0 Å². The summed E-state index contributed by atoms with van der Waals surface area (Å²) in [6.07, 6.45) is 5.19. The first-order valence-electron chi connectivity index (χ1n) is 9.47. The number of hydrogen-bond acceptors (Lipinski definition) is 7. The van der Waals surface area contributed by atoms with Gasteiger partial charge in [-0.1, -0.05) is 13.8 Å². The maximum Gasteiger partial charge on any atom is 0.356 e. The van der Waals surface area contributed by atoms with Crippen molar-refractivity contribution < 1.29 is 14.3 Å². The van der Waals surface area contributed by atoms with E-state index in [1.165, 1.54) is 7.11 Å². The number of nitrogens with zero attached hydrogens (tertiary/aromatic N) is 4. The Morgan fingerprint density at radius 2 is 2.00 bits per heavy atom. The number of morpholine rings is 1. The molecule has 1 saturated heterocycles. The molecular weight excluding hydrogens is 438 g/mol. The number of esters is 1. The Morgan fingerprint density at radius 3 is 2.66 bits per heavy atom. The molecule has 1 aliphatic heterocycles. The van der Waals surface area contributed by atoms with Crippen molar-refractivity contribution in [1.29, 1.82) is 0 Å². The number of aromatic nitrogens is 3. The Labute approximate surface area is 178 Å². The van der Waals surface area contributed by atoms with Crippen LogP contribution in [0.3, 0.4) is 0 Å². The van der Waals surface area contributed by atoms with E-state index in [1.54, 1.807) is 22.9 Å². The third-order valence-electron chi connectivity index (χ3n) is 4.39. The average molecular weight is 462 g/mol. The molecule has 3 aromatic rings. The average Bonchev–Trinajstić information content (AvgIpc) is 3.26. The highest BCUT2D eigenvalue weighted by Gasteiger charge is 2.19. The molecule has 4 rings (SSSR count). The molecule has 0 saturated carbocycles. The zero-order valence-corrected chi connectivity index (χ0v) is 18.3. The predicted octanol–water partition coefficient (Wildman–Crippen LogP) is 3.88. The lowest BCUT2D eigenvalue weighted by atomic mass is 10.3. The number of rotatable bonds is 4. The molecule has 0 aromatic carbocycles. The standard InChI is InChI=1S/C18H18BrN5O3.C2H6/c1-26-18(25)16-13(19)10-14(17-20-4-5-24(16)17)22-15-3-2-12(11-21-15)23-6-8-27-9-7-23;1-2/h2-5,10-11H,6-9H2,1H3,(H,21,22);1-2H3. The van der Waals surface area contributed by atoms with Crippen LogP contribution in [0.4, 0.5) is 17.2 Å². The number of methoxy groups -OCH3 is 1. The van der Waals surface area contributed by atoms with Gasteiger partial charge in [-0.15, -0.1) is 0 Å². The first-order chi connectivity index (χ1) is 14.2. The van der Waals surface area contributed by atoms with Crippen LogP contribution in [0.15, 0.2) is 41.3 Å². The molecule has 154 valence electrons. The summed E-state index contributed by atoms with van der Waals surface area (Å²) in [7, 11) is 1.35. The molecule has 0 atom stereocenters. The molecule has 29 heavy (non-hydrogen) atoms. The van der Waals surface area contributed by atoms with Crippen LogP contribution in [-0.2, 0) is 9.47 Å². The van der Waals surface area contributed by atoms with Crippen molar-refractivity contribution >= 4 is 44.7 Å². The third kappa shape index (κ3) is 4.51. The molecular formula is C20H24BrN5O3. The van der Waals surface area contributed by atoms with Crippen LogP contribution >= 0.6 is 15.9 Å². The molecule has 0 unspecified atom stereocenters. The van der Waals surface area contributed by atoms with Gasteiger partial charge in [0, 0.05) is 25.5 Å². The summed E-state index contributed by atoms with van der Waals surface area (Å²) in [5.41, 5.74) is 2.78. The minimum atomic E-state index is -0.440. The van der Waals surface area contributed by atoms with Gasteiger partial charge in [-0.2, -0.15) is 0 Å². The van der Waals surface area contributed by atoms with Crippen molar-refractivity contribution in [2.75, 3.05) is 43.6 Å². The van der Waals surface area contributed by atoms with E-state index < -0.39 is 5.97 Å². The fourth-order valence-electron chi connectivity index (χ4n) is 3.05. The highest BCUT2D eigenvalue weighted by Crippen LogP contribution is 2.29. The molecule has 0 bridgehead atoms. The Kier molecular flexibility index (Phi) is 7.05. The van der Waals surface area contributed by atoms with Crippen LogP contribution in [0.1, 0.15) is 24.3 Å². The van der Waals surface area contributed by atoms with Crippen LogP contribution in [-0.4, -0.2) is 53.8 Å². The fraction of sp³-hybridized carbons (Fsp3) is 0.350. The third-order valence-corrected chi connectivity index (χ3v) is 4.99. The van der Waals surface area contributed by atoms with Crippen molar-refractivity contribution in [3.63, 3.8) is 0 Å². The zero-order chi connectivity index (χ0) is 20.8. The van der Waals surface area contributed by atoms with Crippen LogP contribution < -0.4 is 10.2 Å². The molecule has 1 fully saturated rings. The monoisotopic (exact) mass is 461 g/mol. The largest absolute Gasteiger partial charge is 0.464 e. The lowest BCUT2D eigenvalue weighted by Crippen LogP contribution is -2.36. The molecule has 9 heteroatoms. The number of carbonyl (C=O) groups is 1. The quantitative estimate of drug-likeness (QED) is 0.590. The summed E-state index contributed by atoms with van der Waals surface area (Å²) in [5, 5.41) is 3.27. The number of anilines is 3. The minimum absolute atomic E-state index is 0.381. The van der Waals surface area contributed by atoms with E-state index in [4.69, 9.17) is 9.47 Å². The maximum absolute atomic E-state index is 12.1. The van der Waals surface area contributed by atoms with Crippen molar-refractivity contribution in [2.45, 2.75) is 13.8 Å². The molecule has 1 aliphatic rings. The fourth-order valence-corrected chi connectivity index (χ4v) is 3.63.